The third-order valence-corrected chi connectivity index (χ3v) is 11.9. The second kappa shape index (κ2) is 29.6. The number of carbonyl (C=O) groups excluding carboxylic acids is 7. The molecular weight excluding hydrogens is 849 g/mol. The van der Waals surface area contributed by atoms with Crippen molar-refractivity contribution in [2.24, 2.45) is 29.4 Å². The van der Waals surface area contributed by atoms with Gasteiger partial charge in [0.15, 0.2) is 0 Å². The fraction of sp³-hybridized carbons (Fsp3) is 0.682. The van der Waals surface area contributed by atoms with Crippen molar-refractivity contribution in [3.63, 3.8) is 0 Å². The molecule has 0 unspecified atom stereocenters. The zero-order chi connectivity index (χ0) is 48.7. The van der Waals surface area contributed by atoms with Gasteiger partial charge in [0.2, 0.25) is 41.4 Å². The molecule has 12 N–H and O–H groups in total. The largest absolute Gasteiger partial charge is 0.480 e. The summed E-state index contributed by atoms with van der Waals surface area (Å²) in [5.74, 6) is -7.55. The molecule has 0 aliphatic rings. The first-order chi connectivity index (χ1) is 30.2. The highest BCUT2D eigenvalue weighted by atomic mass is 32.2. The van der Waals surface area contributed by atoms with E-state index in [2.05, 4.69) is 37.2 Å². The Labute approximate surface area is 381 Å². The number of nitrogens with two attached hydrogens (primary N) is 1. The van der Waals surface area contributed by atoms with Crippen molar-refractivity contribution in [3.05, 3.63) is 35.9 Å². The molecule has 0 aliphatic carbocycles. The Kier molecular flexibility index (Phi) is 26.5. The fourth-order valence-electron chi connectivity index (χ4n) is 6.45. The topological polar surface area (TPSA) is 307 Å². The number of rotatable bonds is 30. The van der Waals surface area contributed by atoms with Gasteiger partial charge >= 0.3 is 5.97 Å². The molecule has 0 saturated heterocycles. The summed E-state index contributed by atoms with van der Waals surface area (Å²) in [6, 6.07) is -1.60. The number of carboxylic acids is 1. The van der Waals surface area contributed by atoms with Crippen molar-refractivity contribution in [1.29, 1.82) is 0 Å². The molecule has 11 atom stereocenters. The summed E-state index contributed by atoms with van der Waals surface area (Å²) in [4.78, 5) is 107. The molecule has 1 aromatic rings. The predicted octanol–water partition coefficient (Wildman–Crippen LogP) is -0.0433. The Morgan fingerprint density at radius 2 is 0.953 bits per heavy atom. The minimum absolute atomic E-state index is 0.0902. The van der Waals surface area contributed by atoms with Crippen LogP contribution in [0.5, 0.6) is 0 Å². The maximum atomic E-state index is 14.2. The second-order valence-electron chi connectivity index (χ2n) is 16.8. The SMILES string of the molecule is CC[C@H](C)[C@H](NC(=O)[C@H](CO)NC(=O)[C@H](CO)NC(=O)[C@H](Cc1ccccc1)NC(=O)[C@@H](NC(=O)[C@H](CC(C)C)NC(=O)[C@@H](NC(=O)[C@@H](N)CCSC)[C@@H](C)CC)[C@@H](C)CC)C(=O)O. The van der Waals surface area contributed by atoms with Gasteiger partial charge in [0.05, 0.1) is 19.3 Å². The van der Waals surface area contributed by atoms with E-state index >= 15 is 0 Å². The molecule has 0 saturated carbocycles. The van der Waals surface area contributed by atoms with Gasteiger partial charge in [-0.1, -0.05) is 105 Å². The van der Waals surface area contributed by atoms with E-state index in [0.29, 0.717) is 37.0 Å². The van der Waals surface area contributed by atoms with Crippen molar-refractivity contribution in [3.8, 4) is 0 Å². The Morgan fingerprint density at radius 1 is 0.562 bits per heavy atom. The predicted molar refractivity (Wildman–Crippen MR) is 244 cm³/mol. The van der Waals surface area contributed by atoms with Crippen molar-refractivity contribution >= 4 is 59.1 Å². The molecular formula is C44H74N8O11S. The van der Waals surface area contributed by atoms with Gasteiger partial charge in [-0.05, 0) is 54.1 Å². The maximum Gasteiger partial charge on any atom is 0.326 e. The molecule has 7 amide bonds. The Morgan fingerprint density at radius 3 is 1.39 bits per heavy atom. The standard InChI is InChI=1S/C44H74N8O11S/c1-10-25(6)34(50-37(55)29(45)18-19-64-9)42(60)46-30(20-24(4)5)39(57)51-35(26(7)11-2)43(61)47-31(21-28-16-14-13-15-17-28)38(56)48-32(22-53)40(58)49-33(23-54)41(59)52-36(44(62)63)27(8)12-3/h13-17,24-27,29-36,53-54H,10-12,18-23,45H2,1-9H3,(H,46,60)(H,47,61)(H,48,56)(H,49,58)(H,50,55)(H,51,57)(H,52,59)(H,62,63)/t25-,26-,27-,29-,30-,31-,32-,33-,34-,35-,36-/m0/s1. The molecule has 19 nitrogen and oxygen atoms in total. The highest BCUT2D eigenvalue weighted by molar-refractivity contribution is 7.98. The van der Waals surface area contributed by atoms with E-state index < -0.39 is 121 Å². The normalized spacial score (nSPS) is 16.5. The summed E-state index contributed by atoms with van der Waals surface area (Å²) in [5, 5.41) is 47.6. The highest BCUT2D eigenvalue weighted by Gasteiger charge is 2.37. The lowest BCUT2D eigenvalue weighted by atomic mass is 9.95. The number of benzene rings is 1. The molecule has 0 heterocycles. The number of aliphatic carboxylic acids is 1. The van der Waals surface area contributed by atoms with Crippen LogP contribution in [-0.4, -0.2) is 136 Å². The monoisotopic (exact) mass is 923 g/mol. The number of hydrogen-bond acceptors (Lipinski definition) is 12. The Bertz CT molecular complexity index is 1670. The molecule has 0 aromatic heterocycles. The number of aliphatic hydroxyl groups is 2. The number of amides is 7. The molecule has 0 bridgehead atoms. The highest BCUT2D eigenvalue weighted by Crippen LogP contribution is 2.15. The van der Waals surface area contributed by atoms with Crippen molar-refractivity contribution in [1.82, 2.24) is 37.2 Å². The summed E-state index contributed by atoms with van der Waals surface area (Å²) < 4.78 is 0. The average molecular weight is 923 g/mol. The van der Waals surface area contributed by atoms with E-state index in [-0.39, 0.29) is 24.7 Å². The van der Waals surface area contributed by atoms with E-state index in [1.54, 1.807) is 65.0 Å². The van der Waals surface area contributed by atoms with Gasteiger partial charge in [0, 0.05) is 6.42 Å². The summed E-state index contributed by atoms with van der Waals surface area (Å²) in [6.07, 6.45) is 3.74. The number of hydrogen-bond donors (Lipinski definition) is 11. The van der Waals surface area contributed by atoms with Crippen LogP contribution in [-0.2, 0) is 44.8 Å². The first kappa shape index (κ1) is 57.2. The average Bonchev–Trinajstić information content (AvgIpc) is 3.27. The first-order valence-electron chi connectivity index (χ1n) is 22.0. The van der Waals surface area contributed by atoms with Gasteiger partial charge in [-0.2, -0.15) is 11.8 Å². The first-order valence-corrected chi connectivity index (χ1v) is 23.4. The third-order valence-electron chi connectivity index (χ3n) is 11.2. The summed E-state index contributed by atoms with van der Waals surface area (Å²) in [5.41, 5.74) is 6.70. The van der Waals surface area contributed by atoms with E-state index in [1.165, 1.54) is 11.8 Å². The number of aliphatic hydroxyl groups excluding tert-OH is 2. The molecule has 0 radical (unpaired) electrons. The zero-order valence-corrected chi connectivity index (χ0v) is 39.6. The van der Waals surface area contributed by atoms with Crippen LogP contribution in [0, 0.1) is 23.7 Å². The second-order valence-corrected chi connectivity index (χ2v) is 17.8. The fourth-order valence-corrected chi connectivity index (χ4v) is 6.94. The lowest BCUT2D eigenvalue weighted by Crippen LogP contribution is -2.62. The van der Waals surface area contributed by atoms with Gasteiger partial charge in [0.25, 0.3) is 0 Å². The molecule has 0 fully saturated rings. The van der Waals surface area contributed by atoms with E-state index in [9.17, 15) is 53.7 Å². The molecule has 20 heteroatoms. The van der Waals surface area contributed by atoms with Crippen LogP contribution in [0.4, 0.5) is 0 Å². The Balaban J connectivity index is 3.40. The molecule has 1 rings (SSSR count). The number of carbonyl (C=O) groups is 8. The summed E-state index contributed by atoms with van der Waals surface area (Å²) in [6.45, 7) is 12.4. The smallest absolute Gasteiger partial charge is 0.326 e. The molecule has 64 heavy (non-hydrogen) atoms. The van der Waals surface area contributed by atoms with Crippen molar-refractivity contribution in [2.75, 3.05) is 25.2 Å². The number of thioether (sulfide) groups is 1. The van der Waals surface area contributed by atoms with E-state index in [4.69, 9.17) is 5.73 Å². The van der Waals surface area contributed by atoms with E-state index in [0.717, 1.165) is 0 Å². The molecule has 0 spiro atoms. The lowest BCUT2D eigenvalue weighted by molar-refractivity contribution is -0.144. The minimum atomic E-state index is -1.69. The quantitative estimate of drug-likeness (QED) is 0.0484. The van der Waals surface area contributed by atoms with Crippen molar-refractivity contribution < 1.29 is 53.7 Å². The zero-order valence-electron chi connectivity index (χ0n) is 38.8. The maximum absolute atomic E-state index is 14.2. The van der Waals surface area contributed by atoms with Crippen LogP contribution in [0.15, 0.2) is 30.3 Å². The van der Waals surface area contributed by atoms with Gasteiger partial charge in [-0.3, -0.25) is 33.6 Å². The third kappa shape index (κ3) is 19.1. The van der Waals surface area contributed by atoms with Crippen LogP contribution < -0.4 is 43.0 Å². The van der Waals surface area contributed by atoms with Crippen LogP contribution in [0.2, 0.25) is 0 Å². The van der Waals surface area contributed by atoms with Gasteiger partial charge in [0.1, 0.15) is 42.3 Å². The van der Waals surface area contributed by atoms with Crippen LogP contribution >= 0.6 is 11.8 Å². The van der Waals surface area contributed by atoms with Crippen LogP contribution in [0.1, 0.15) is 93.1 Å². The van der Waals surface area contributed by atoms with Gasteiger partial charge < -0.3 is 58.3 Å². The molecule has 362 valence electrons. The van der Waals surface area contributed by atoms with E-state index in [1.807, 2.05) is 27.0 Å². The summed E-state index contributed by atoms with van der Waals surface area (Å²) >= 11 is 1.54. The molecule has 0 aliphatic heterocycles. The number of carboxylic acid groups (broad SMARTS) is 1. The summed E-state index contributed by atoms with van der Waals surface area (Å²) in [7, 11) is 0. The molecule has 1 aromatic carbocycles. The van der Waals surface area contributed by atoms with Gasteiger partial charge in [-0.15, -0.1) is 0 Å². The van der Waals surface area contributed by atoms with Crippen LogP contribution in [0.25, 0.3) is 0 Å². The van der Waals surface area contributed by atoms with Crippen LogP contribution in [0.3, 0.4) is 0 Å². The van der Waals surface area contributed by atoms with Gasteiger partial charge in [-0.25, -0.2) is 4.79 Å². The minimum Gasteiger partial charge on any atom is -0.480 e. The Hall–Kier alpha value is -4.79. The number of nitrogens with one attached hydrogen (secondary N) is 7. The van der Waals surface area contributed by atoms with Crippen molar-refractivity contribution in [2.45, 2.75) is 142 Å². The lowest BCUT2D eigenvalue weighted by Gasteiger charge is -2.31.